The fraction of sp³-hybridized carbons (Fsp3) is 0.0833. The molecule has 0 amide bonds. The summed E-state index contributed by atoms with van der Waals surface area (Å²) >= 11 is 4.03. The number of hydrogen-bond donors (Lipinski definition) is 2. The molecule has 0 atom stereocenters. The van der Waals surface area contributed by atoms with Gasteiger partial charge in [-0.25, -0.2) is 4.79 Å². The third-order valence-corrected chi connectivity index (χ3v) is 3.67. The van der Waals surface area contributed by atoms with Crippen LogP contribution < -0.4 is 0 Å². The Hall–Kier alpha value is -1.80. The van der Waals surface area contributed by atoms with Gasteiger partial charge < -0.3 is 14.6 Å². The number of rotatable bonds is 4. The molecule has 0 saturated heterocycles. The molecule has 0 aliphatic heterocycles. The van der Waals surface area contributed by atoms with Crippen LogP contribution in [0.3, 0.4) is 0 Å². The number of halogens is 1. The molecule has 8 heteroatoms. The summed E-state index contributed by atoms with van der Waals surface area (Å²) in [6, 6.07) is 4.68. The first-order chi connectivity index (χ1) is 9.45. The molecule has 104 valence electrons. The van der Waals surface area contributed by atoms with Crippen molar-refractivity contribution in [3.05, 3.63) is 39.0 Å². The van der Waals surface area contributed by atoms with Crippen LogP contribution in [0.4, 0.5) is 0 Å². The number of hydrogen-bond acceptors (Lipinski definition) is 6. The van der Waals surface area contributed by atoms with Gasteiger partial charge in [0.25, 0.3) is 5.22 Å². The van der Waals surface area contributed by atoms with E-state index < -0.39 is 5.97 Å². The zero-order chi connectivity index (χ0) is 14.7. The third-order valence-electron chi connectivity index (χ3n) is 2.19. The van der Waals surface area contributed by atoms with E-state index in [4.69, 9.17) is 4.42 Å². The first kappa shape index (κ1) is 14.6. The molecular weight excluding hydrogens is 348 g/mol. The van der Waals surface area contributed by atoms with E-state index in [0.29, 0.717) is 15.9 Å². The quantitative estimate of drug-likeness (QED) is 0.641. The van der Waals surface area contributed by atoms with Gasteiger partial charge in [-0.1, -0.05) is 6.07 Å². The number of phenols is 1. The van der Waals surface area contributed by atoms with Gasteiger partial charge in [-0.2, -0.15) is 0 Å². The number of aryl methyl sites for hydroxylation is 1. The summed E-state index contributed by atoms with van der Waals surface area (Å²) in [6.45, 7) is 1.62. The van der Waals surface area contributed by atoms with Crippen molar-refractivity contribution in [2.75, 3.05) is 0 Å². The van der Waals surface area contributed by atoms with E-state index >= 15 is 0 Å². The summed E-state index contributed by atoms with van der Waals surface area (Å²) in [7, 11) is 0. The molecule has 0 radical (unpaired) electrons. The predicted molar refractivity (Wildman–Crippen MR) is 76.3 cm³/mol. The Morgan fingerprint density at radius 3 is 2.75 bits per heavy atom. The van der Waals surface area contributed by atoms with Gasteiger partial charge in [0.2, 0.25) is 5.89 Å². The standard InChI is InChI=1S/C12H9BrN2O4S/c1-6-14-15-12(19-6)20-10(11(17)18)5-7-2-3-9(16)8(13)4-7/h2-5,16H,1H3,(H,17,18)/b10-5-. The smallest absolute Gasteiger partial charge is 0.342 e. The van der Waals surface area contributed by atoms with Gasteiger partial charge in [0.15, 0.2) is 0 Å². The van der Waals surface area contributed by atoms with Crippen LogP contribution >= 0.6 is 27.7 Å². The van der Waals surface area contributed by atoms with Crippen LogP contribution in [0, 0.1) is 6.92 Å². The van der Waals surface area contributed by atoms with Gasteiger partial charge in [-0.15, -0.1) is 10.2 Å². The SMILES string of the molecule is Cc1nnc(S/C(=C\c2ccc(O)c(Br)c2)C(=O)O)o1. The Labute approximate surface area is 126 Å². The van der Waals surface area contributed by atoms with E-state index in [2.05, 4.69) is 26.1 Å². The number of carboxylic acid groups (broad SMARTS) is 1. The van der Waals surface area contributed by atoms with Crippen LogP contribution in [0.2, 0.25) is 0 Å². The topological polar surface area (TPSA) is 96.5 Å². The van der Waals surface area contributed by atoms with E-state index in [-0.39, 0.29) is 15.9 Å². The molecule has 0 aliphatic carbocycles. The Balaban J connectivity index is 2.29. The van der Waals surface area contributed by atoms with Crippen molar-refractivity contribution in [1.29, 1.82) is 0 Å². The van der Waals surface area contributed by atoms with E-state index in [1.807, 2.05) is 0 Å². The van der Waals surface area contributed by atoms with Crippen LogP contribution in [-0.4, -0.2) is 26.4 Å². The van der Waals surface area contributed by atoms with Gasteiger partial charge >= 0.3 is 5.97 Å². The van der Waals surface area contributed by atoms with Crippen molar-refractivity contribution in [2.45, 2.75) is 12.1 Å². The van der Waals surface area contributed by atoms with Crippen LogP contribution in [0.5, 0.6) is 5.75 Å². The number of carbonyl (C=O) groups is 1. The van der Waals surface area contributed by atoms with Crippen molar-refractivity contribution < 1.29 is 19.4 Å². The lowest BCUT2D eigenvalue weighted by Gasteiger charge is -2.01. The Morgan fingerprint density at radius 1 is 1.45 bits per heavy atom. The summed E-state index contributed by atoms with van der Waals surface area (Å²) in [5, 5.41) is 26.1. The minimum atomic E-state index is -1.10. The maximum atomic E-state index is 11.2. The van der Waals surface area contributed by atoms with E-state index in [1.54, 1.807) is 19.1 Å². The Kier molecular flexibility index (Phi) is 4.46. The molecule has 0 bridgehead atoms. The number of aromatic hydroxyl groups is 1. The molecule has 0 aliphatic rings. The fourth-order valence-electron chi connectivity index (χ4n) is 1.31. The first-order valence-corrected chi connectivity index (χ1v) is 6.98. The molecule has 20 heavy (non-hydrogen) atoms. The summed E-state index contributed by atoms with van der Waals surface area (Å²) < 4.78 is 5.61. The lowest BCUT2D eigenvalue weighted by atomic mass is 10.2. The summed E-state index contributed by atoms with van der Waals surface area (Å²) in [4.78, 5) is 11.3. The second-order valence-electron chi connectivity index (χ2n) is 3.71. The number of carboxylic acids is 1. The van der Waals surface area contributed by atoms with E-state index in [9.17, 15) is 15.0 Å². The minimum absolute atomic E-state index is 0.0336. The lowest BCUT2D eigenvalue weighted by molar-refractivity contribution is -0.131. The molecule has 0 spiro atoms. The molecule has 6 nitrogen and oxygen atoms in total. The molecule has 1 aromatic heterocycles. The van der Waals surface area contributed by atoms with Crippen molar-refractivity contribution in [2.24, 2.45) is 0 Å². The summed E-state index contributed by atoms with van der Waals surface area (Å²) in [5.74, 6) is -0.654. The number of benzene rings is 1. The second-order valence-corrected chi connectivity index (χ2v) is 5.56. The van der Waals surface area contributed by atoms with Crippen molar-refractivity contribution in [1.82, 2.24) is 10.2 Å². The number of aromatic nitrogens is 2. The average molecular weight is 357 g/mol. The largest absolute Gasteiger partial charge is 0.507 e. The molecule has 0 saturated carbocycles. The predicted octanol–water partition coefficient (Wildman–Crippen LogP) is 3.06. The highest BCUT2D eigenvalue weighted by Crippen LogP contribution is 2.30. The van der Waals surface area contributed by atoms with Gasteiger partial charge in [-0.3, -0.25) is 0 Å². The fourth-order valence-corrected chi connectivity index (χ4v) is 2.42. The van der Waals surface area contributed by atoms with E-state index in [1.165, 1.54) is 12.1 Å². The molecule has 2 N–H and O–H groups in total. The lowest BCUT2D eigenvalue weighted by Crippen LogP contribution is -1.96. The highest BCUT2D eigenvalue weighted by atomic mass is 79.9. The monoisotopic (exact) mass is 356 g/mol. The summed E-state index contributed by atoms with van der Waals surface area (Å²) in [5.41, 5.74) is 0.621. The third kappa shape index (κ3) is 3.61. The number of phenolic OH excluding ortho intramolecular Hbond substituents is 1. The Morgan fingerprint density at radius 2 is 2.20 bits per heavy atom. The van der Waals surface area contributed by atoms with Crippen LogP contribution in [0.15, 0.2) is 37.2 Å². The molecule has 0 unspecified atom stereocenters. The molecule has 0 fully saturated rings. The van der Waals surface area contributed by atoms with Crippen LogP contribution in [0.1, 0.15) is 11.5 Å². The van der Waals surface area contributed by atoms with Gasteiger partial charge in [0.05, 0.1) is 4.47 Å². The summed E-state index contributed by atoms with van der Waals surface area (Å²) in [6.07, 6.45) is 1.46. The number of thioether (sulfide) groups is 1. The zero-order valence-electron chi connectivity index (χ0n) is 10.2. The van der Waals surface area contributed by atoms with Crippen LogP contribution in [-0.2, 0) is 4.79 Å². The van der Waals surface area contributed by atoms with Crippen molar-refractivity contribution in [3.8, 4) is 5.75 Å². The van der Waals surface area contributed by atoms with E-state index in [0.717, 1.165) is 11.8 Å². The van der Waals surface area contributed by atoms with Gasteiger partial charge in [0.1, 0.15) is 10.7 Å². The highest BCUT2D eigenvalue weighted by molar-refractivity contribution is 9.10. The van der Waals surface area contributed by atoms with Crippen molar-refractivity contribution >= 4 is 39.7 Å². The average Bonchev–Trinajstić information content (AvgIpc) is 2.78. The first-order valence-electron chi connectivity index (χ1n) is 5.37. The molecule has 2 rings (SSSR count). The maximum Gasteiger partial charge on any atom is 0.342 e. The highest BCUT2D eigenvalue weighted by Gasteiger charge is 2.14. The molecule has 1 heterocycles. The van der Waals surface area contributed by atoms with Gasteiger partial charge in [-0.05, 0) is 51.5 Å². The molecule has 1 aromatic carbocycles. The number of aliphatic carboxylic acids is 1. The molecular formula is C12H9BrN2O4S. The number of nitrogens with zero attached hydrogens (tertiary/aromatic N) is 2. The van der Waals surface area contributed by atoms with Gasteiger partial charge in [0, 0.05) is 6.92 Å². The minimum Gasteiger partial charge on any atom is -0.507 e. The second kappa shape index (κ2) is 6.10. The normalized spacial score (nSPS) is 11.6. The van der Waals surface area contributed by atoms with Crippen LogP contribution in [0.25, 0.3) is 6.08 Å². The molecule has 2 aromatic rings. The maximum absolute atomic E-state index is 11.2. The Bertz CT molecular complexity index is 684. The van der Waals surface area contributed by atoms with Crippen molar-refractivity contribution in [3.63, 3.8) is 0 Å². The zero-order valence-corrected chi connectivity index (χ0v) is 12.6.